The van der Waals surface area contributed by atoms with Gasteiger partial charge in [-0.2, -0.15) is 0 Å². The quantitative estimate of drug-likeness (QED) is 0.303. The van der Waals surface area contributed by atoms with E-state index >= 15 is 0 Å². The first kappa shape index (κ1) is 18.4. The number of furan rings is 1. The van der Waals surface area contributed by atoms with Gasteiger partial charge in [0, 0.05) is 22.5 Å². The zero-order valence-electron chi connectivity index (χ0n) is 17.6. The van der Waals surface area contributed by atoms with Crippen LogP contribution >= 0.6 is 0 Å². The molecule has 2 heteroatoms. The minimum Gasteiger partial charge on any atom is -0.456 e. The van der Waals surface area contributed by atoms with Gasteiger partial charge in [-0.1, -0.05) is 68.1 Å². The molecule has 3 aromatic carbocycles. The predicted octanol–water partition coefficient (Wildman–Crippen LogP) is 8.05. The molecule has 1 aliphatic carbocycles. The van der Waals surface area contributed by atoms with Gasteiger partial charge in [-0.15, -0.1) is 0 Å². The molecule has 31 heavy (non-hydrogen) atoms. The highest BCUT2D eigenvalue weighted by atomic mass is 16.3. The smallest absolute Gasteiger partial charge is 0.136 e. The molecule has 1 aliphatic rings. The second-order valence-electron chi connectivity index (χ2n) is 8.79. The molecule has 2 heterocycles. The van der Waals surface area contributed by atoms with Gasteiger partial charge in [0.2, 0.25) is 0 Å². The van der Waals surface area contributed by atoms with Gasteiger partial charge < -0.3 is 4.42 Å². The molecule has 152 valence electrons. The maximum atomic E-state index is 6.22. The van der Waals surface area contributed by atoms with Gasteiger partial charge in [-0.3, -0.25) is 4.98 Å². The van der Waals surface area contributed by atoms with E-state index in [-0.39, 0.29) is 0 Å². The Balaban J connectivity index is 1.37. The van der Waals surface area contributed by atoms with Crippen molar-refractivity contribution >= 4 is 21.9 Å². The number of pyridine rings is 1. The number of fused-ring (bicyclic) bond motifs is 3. The third kappa shape index (κ3) is 3.53. The van der Waals surface area contributed by atoms with E-state index in [4.69, 9.17) is 4.42 Å². The lowest BCUT2D eigenvalue weighted by atomic mass is 9.97. The number of aromatic nitrogens is 1. The molecule has 6 rings (SSSR count). The van der Waals surface area contributed by atoms with Crippen molar-refractivity contribution in [3.8, 4) is 22.4 Å². The standard InChI is InChI=1S/C29H25NO/c1-2-8-22(9-3-1)23-11-13-28-26(18-23)25-12-10-24(19-29(25)31-28)27-17-21(14-15-30-27)16-20-6-4-5-7-20/h1-3,8-15,17-20H,4-7,16H2. The van der Waals surface area contributed by atoms with Gasteiger partial charge in [0.15, 0.2) is 0 Å². The van der Waals surface area contributed by atoms with Crippen LogP contribution in [0.25, 0.3) is 44.3 Å². The third-order valence-electron chi connectivity index (χ3n) is 6.70. The van der Waals surface area contributed by atoms with E-state index in [2.05, 4.69) is 77.8 Å². The Morgan fingerprint density at radius 3 is 2.42 bits per heavy atom. The topological polar surface area (TPSA) is 26.0 Å². The van der Waals surface area contributed by atoms with Crippen molar-refractivity contribution in [1.82, 2.24) is 4.98 Å². The first-order valence-electron chi connectivity index (χ1n) is 11.3. The molecule has 0 aliphatic heterocycles. The molecule has 2 aromatic heterocycles. The van der Waals surface area contributed by atoms with Crippen molar-refractivity contribution in [3.05, 3.63) is 90.6 Å². The fourth-order valence-corrected chi connectivity index (χ4v) is 5.05. The Labute approximate surface area is 182 Å². The molecule has 0 unspecified atom stereocenters. The third-order valence-corrected chi connectivity index (χ3v) is 6.70. The highest BCUT2D eigenvalue weighted by Crippen LogP contribution is 2.35. The van der Waals surface area contributed by atoms with Gasteiger partial charge in [0.1, 0.15) is 11.2 Å². The van der Waals surface area contributed by atoms with E-state index < -0.39 is 0 Å². The van der Waals surface area contributed by atoms with E-state index in [1.807, 2.05) is 12.3 Å². The Morgan fingerprint density at radius 2 is 1.55 bits per heavy atom. The molecule has 0 bridgehead atoms. The maximum absolute atomic E-state index is 6.22. The SMILES string of the molecule is c1ccc(-c2ccc3oc4cc(-c5cc(CC6CCCC6)ccn5)ccc4c3c2)cc1. The second kappa shape index (κ2) is 7.70. The Hall–Kier alpha value is -3.39. The average Bonchev–Trinajstić information content (AvgIpc) is 3.46. The average molecular weight is 404 g/mol. The number of hydrogen-bond donors (Lipinski definition) is 0. The van der Waals surface area contributed by atoms with Gasteiger partial charge in [0.25, 0.3) is 0 Å². The Kier molecular flexibility index (Phi) is 4.57. The van der Waals surface area contributed by atoms with Crippen LogP contribution in [-0.4, -0.2) is 4.98 Å². The zero-order chi connectivity index (χ0) is 20.6. The summed E-state index contributed by atoms with van der Waals surface area (Å²) < 4.78 is 6.22. The number of hydrogen-bond acceptors (Lipinski definition) is 2. The van der Waals surface area contributed by atoms with Crippen molar-refractivity contribution in [2.24, 2.45) is 5.92 Å². The summed E-state index contributed by atoms with van der Waals surface area (Å²) in [6.07, 6.45) is 8.63. The summed E-state index contributed by atoms with van der Waals surface area (Å²) in [7, 11) is 0. The molecular formula is C29H25NO. The first-order chi connectivity index (χ1) is 15.3. The number of rotatable bonds is 4. The number of benzene rings is 3. The Bertz CT molecular complexity index is 1360. The monoisotopic (exact) mass is 403 g/mol. The van der Waals surface area contributed by atoms with Crippen LogP contribution in [0.1, 0.15) is 31.2 Å². The summed E-state index contributed by atoms with van der Waals surface area (Å²) in [5.74, 6) is 0.840. The van der Waals surface area contributed by atoms with Crippen molar-refractivity contribution in [2.75, 3.05) is 0 Å². The molecule has 0 saturated heterocycles. The molecule has 1 fully saturated rings. The summed E-state index contributed by atoms with van der Waals surface area (Å²) in [5, 5.41) is 2.31. The highest BCUT2D eigenvalue weighted by Gasteiger charge is 2.16. The van der Waals surface area contributed by atoms with Crippen LogP contribution < -0.4 is 0 Å². The summed E-state index contributed by atoms with van der Waals surface area (Å²) in [4.78, 5) is 4.66. The van der Waals surface area contributed by atoms with Crippen LogP contribution in [0.5, 0.6) is 0 Å². The summed E-state index contributed by atoms with van der Waals surface area (Å²) in [5.41, 5.74) is 7.82. The first-order valence-corrected chi connectivity index (χ1v) is 11.3. The second-order valence-corrected chi connectivity index (χ2v) is 8.79. The van der Waals surface area contributed by atoms with Gasteiger partial charge in [-0.25, -0.2) is 0 Å². The normalized spacial score (nSPS) is 14.6. The number of nitrogens with zero attached hydrogens (tertiary/aromatic N) is 1. The van der Waals surface area contributed by atoms with E-state index in [0.29, 0.717) is 0 Å². The van der Waals surface area contributed by atoms with Crippen LogP contribution in [0.3, 0.4) is 0 Å². The van der Waals surface area contributed by atoms with Gasteiger partial charge in [0.05, 0.1) is 5.69 Å². The molecule has 5 aromatic rings. The van der Waals surface area contributed by atoms with Crippen molar-refractivity contribution in [3.63, 3.8) is 0 Å². The molecular weight excluding hydrogens is 378 g/mol. The minimum atomic E-state index is 0.840. The lowest BCUT2D eigenvalue weighted by Gasteiger charge is -2.10. The summed E-state index contributed by atoms with van der Waals surface area (Å²) >= 11 is 0. The predicted molar refractivity (Wildman–Crippen MR) is 128 cm³/mol. The van der Waals surface area contributed by atoms with Crippen LogP contribution in [0.4, 0.5) is 0 Å². The molecule has 0 atom stereocenters. The van der Waals surface area contributed by atoms with Crippen LogP contribution in [0.15, 0.2) is 89.5 Å². The Morgan fingerprint density at radius 1 is 0.710 bits per heavy atom. The van der Waals surface area contributed by atoms with Crippen LogP contribution in [-0.2, 0) is 6.42 Å². The minimum absolute atomic E-state index is 0.840. The van der Waals surface area contributed by atoms with Crippen molar-refractivity contribution in [1.29, 1.82) is 0 Å². The molecule has 0 radical (unpaired) electrons. The fourth-order valence-electron chi connectivity index (χ4n) is 5.05. The highest BCUT2D eigenvalue weighted by molar-refractivity contribution is 6.07. The lowest BCUT2D eigenvalue weighted by Crippen LogP contribution is -1.99. The lowest BCUT2D eigenvalue weighted by molar-refractivity contribution is 0.546. The van der Waals surface area contributed by atoms with E-state index in [1.165, 1.54) is 48.8 Å². The summed E-state index contributed by atoms with van der Waals surface area (Å²) in [6, 6.07) is 27.9. The summed E-state index contributed by atoms with van der Waals surface area (Å²) in [6.45, 7) is 0. The van der Waals surface area contributed by atoms with Crippen molar-refractivity contribution in [2.45, 2.75) is 32.1 Å². The maximum Gasteiger partial charge on any atom is 0.136 e. The molecule has 0 spiro atoms. The van der Waals surface area contributed by atoms with Crippen LogP contribution in [0.2, 0.25) is 0 Å². The molecule has 0 N–H and O–H groups in total. The van der Waals surface area contributed by atoms with Crippen LogP contribution in [0, 0.1) is 5.92 Å². The van der Waals surface area contributed by atoms with Gasteiger partial charge in [-0.05, 0) is 65.4 Å². The zero-order valence-corrected chi connectivity index (χ0v) is 17.6. The van der Waals surface area contributed by atoms with E-state index in [1.54, 1.807) is 0 Å². The van der Waals surface area contributed by atoms with Crippen molar-refractivity contribution < 1.29 is 4.42 Å². The molecule has 2 nitrogen and oxygen atoms in total. The largest absolute Gasteiger partial charge is 0.456 e. The van der Waals surface area contributed by atoms with E-state index in [9.17, 15) is 0 Å². The fraction of sp³-hybridized carbons (Fsp3) is 0.207. The molecule has 1 saturated carbocycles. The van der Waals surface area contributed by atoms with Gasteiger partial charge >= 0.3 is 0 Å². The molecule has 0 amide bonds. The van der Waals surface area contributed by atoms with E-state index in [0.717, 1.165) is 39.1 Å².